The van der Waals surface area contributed by atoms with E-state index in [1.54, 1.807) is 16.7 Å². The number of aliphatic hydroxyl groups is 1. The van der Waals surface area contributed by atoms with Crippen LogP contribution >= 0.6 is 31.2 Å². The van der Waals surface area contributed by atoms with Crippen molar-refractivity contribution >= 4 is 48.2 Å². The number of benzene rings is 1. The number of anilines is 1. The number of phosphoric acid groups is 1. The third-order valence-corrected chi connectivity index (χ3v) is 6.93. The Labute approximate surface area is 178 Å². The second-order valence-electron chi connectivity index (χ2n) is 6.64. The number of aromatic nitrogens is 4. The molecule has 1 aromatic carbocycles. The SMILES string of the molecule is Nc1ncnc2c1nc(Sc1ccc(Cl)cc1)n2[C@@H]1OC2COP(=O)(O)O[C@H]2[C@H]1O. The Bertz CT molecular complexity index is 1160. The van der Waals surface area contributed by atoms with Gasteiger partial charge in [0.15, 0.2) is 28.4 Å². The summed E-state index contributed by atoms with van der Waals surface area (Å²) >= 11 is 7.24. The summed E-state index contributed by atoms with van der Waals surface area (Å²) in [4.78, 5) is 23.2. The maximum atomic E-state index is 11.8. The van der Waals surface area contributed by atoms with Crippen LogP contribution in [-0.4, -0.2) is 54.4 Å². The molecule has 30 heavy (non-hydrogen) atoms. The van der Waals surface area contributed by atoms with Crippen LogP contribution in [0.2, 0.25) is 5.02 Å². The lowest BCUT2D eigenvalue weighted by Gasteiger charge is -2.27. The normalized spacial score (nSPS) is 31.2. The number of nitrogens with two attached hydrogens (primary N) is 1. The molecule has 14 heteroatoms. The summed E-state index contributed by atoms with van der Waals surface area (Å²) in [5.74, 6) is 0.168. The van der Waals surface area contributed by atoms with Gasteiger partial charge in [-0.25, -0.2) is 19.5 Å². The van der Waals surface area contributed by atoms with Crippen molar-refractivity contribution in [3.05, 3.63) is 35.6 Å². The molecular formula is C16H15ClN5O6PS. The fourth-order valence-electron chi connectivity index (χ4n) is 3.36. The van der Waals surface area contributed by atoms with Crippen molar-refractivity contribution in [2.24, 2.45) is 0 Å². The van der Waals surface area contributed by atoms with E-state index in [4.69, 9.17) is 31.1 Å². The second-order valence-corrected chi connectivity index (χ2v) is 9.52. The standard InChI is InChI=1S/C16H15ClN5O6PS/c17-7-1-3-8(4-2-7)30-16-21-10-13(18)19-6-20-14(10)22(16)15-11(23)12-9(27-15)5-26-29(24,25)28-12/h1-4,6,9,11-12,15,23H,5H2,(H,24,25)(H2,18,19,20)/t9?,11-,12-,15-/m1/s1. The van der Waals surface area contributed by atoms with E-state index in [0.29, 0.717) is 21.3 Å². The molecule has 0 aliphatic carbocycles. The van der Waals surface area contributed by atoms with Gasteiger partial charge >= 0.3 is 7.82 Å². The van der Waals surface area contributed by atoms with Gasteiger partial charge in [0.05, 0.1) is 6.61 Å². The molecule has 0 spiro atoms. The number of hydrogen-bond donors (Lipinski definition) is 3. The molecule has 3 aromatic rings. The number of phosphoric ester groups is 1. The number of fused-ring (bicyclic) bond motifs is 2. The van der Waals surface area contributed by atoms with Crippen LogP contribution in [0.3, 0.4) is 0 Å². The smallest absolute Gasteiger partial charge is 0.386 e. The van der Waals surface area contributed by atoms with Gasteiger partial charge in [0.25, 0.3) is 0 Å². The topological polar surface area (TPSA) is 155 Å². The van der Waals surface area contributed by atoms with Gasteiger partial charge in [-0.1, -0.05) is 23.4 Å². The molecule has 5 rings (SSSR count). The van der Waals surface area contributed by atoms with E-state index in [2.05, 4.69) is 15.0 Å². The third-order valence-electron chi connectivity index (χ3n) is 4.72. The largest absolute Gasteiger partial charge is 0.472 e. The van der Waals surface area contributed by atoms with Crippen LogP contribution in [0.1, 0.15) is 6.23 Å². The molecule has 5 atom stereocenters. The minimum absolute atomic E-state index is 0.168. The highest BCUT2D eigenvalue weighted by Gasteiger charge is 2.53. The molecule has 4 N–H and O–H groups in total. The summed E-state index contributed by atoms with van der Waals surface area (Å²) in [6, 6.07) is 7.11. The van der Waals surface area contributed by atoms with E-state index < -0.39 is 32.4 Å². The molecule has 4 heterocycles. The quantitative estimate of drug-likeness (QED) is 0.480. The van der Waals surface area contributed by atoms with Crippen LogP contribution in [0.4, 0.5) is 5.82 Å². The molecule has 2 aromatic heterocycles. The second kappa shape index (κ2) is 7.43. The number of nitrogen functional groups attached to an aromatic ring is 1. The van der Waals surface area contributed by atoms with Gasteiger partial charge in [-0.05, 0) is 24.3 Å². The molecule has 0 saturated carbocycles. The Balaban J connectivity index is 1.58. The highest BCUT2D eigenvalue weighted by atomic mass is 35.5. The van der Waals surface area contributed by atoms with E-state index in [1.807, 2.05) is 12.1 Å². The zero-order chi connectivity index (χ0) is 21.0. The first kappa shape index (κ1) is 20.2. The predicted molar refractivity (Wildman–Crippen MR) is 106 cm³/mol. The van der Waals surface area contributed by atoms with Crippen LogP contribution in [0.5, 0.6) is 0 Å². The number of rotatable bonds is 3. The van der Waals surface area contributed by atoms with Gasteiger partial charge in [0.1, 0.15) is 24.6 Å². The van der Waals surface area contributed by atoms with E-state index >= 15 is 0 Å². The number of hydrogen-bond acceptors (Lipinski definition) is 10. The summed E-state index contributed by atoms with van der Waals surface area (Å²) in [5, 5.41) is 11.9. The summed E-state index contributed by atoms with van der Waals surface area (Å²) in [6.07, 6.45) is -2.80. The van der Waals surface area contributed by atoms with Gasteiger partial charge in [-0.15, -0.1) is 0 Å². The van der Waals surface area contributed by atoms with E-state index in [0.717, 1.165) is 4.90 Å². The van der Waals surface area contributed by atoms with Crippen molar-refractivity contribution in [3.63, 3.8) is 0 Å². The molecule has 0 radical (unpaired) electrons. The monoisotopic (exact) mass is 471 g/mol. The predicted octanol–water partition coefficient (Wildman–Crippen LogP) is 1.99. The minimum Gasteiger partial charge on any atom is -0.386 e. The average molecular weight is 472 g/mol. The molecular weight excluding hydrogens is 457 g/mol. The number of nitrogens with zero attached hydrogens (tertiary/aromatic N) is 4. The minimum atomic E-state index is -4.25. The summed E-state index contributed by atoms with van der Waals surface area (Å²) < 4.78 is 29.1. The van der Waals surface area contributed by atoms with Crippen molar-refractivity contribution in [2.45, 2.75) is 34.6 Å². The Morgan fingerprint density at radius 2 is 2.07 bits per heavy atom. The number of aliphatic hydroxyl groups excluding tert-OH is 1. The van der Waals surface area contributed by atoms with E-state index in [1.165, 1.54) is 18.1 Å². The van der Waals surface area contributed by atoms with Crippen LogP contribution in [0, 0.1) is 0 Å². The fraction of sp³-hybridized carbons (Fsp3) is 0.312. The van der Waals surface area contributed by atoms with Crippen LogP contribution in [-0.2, 0) is 18.3 Å². The van der Waals surface area contributed by atoms with Crippen molar-refractivity contribution < 1.29 is 28.3 Å². The first-order valence-electron chi connectivity index (χ1n) is 8.73. The van der Waals surface area contributed by atoms with Gasteiger partial charge in [-0.2, -0.15) is 0 Å². The first-order valence-corrected chi connectivity index (χ1v) is 11.4. The Hall–Kier alpha value is -1.76. The summed E-state index contributed by atoms with van der Waals surface area (Å²) in [7, 11) is -4.25. The number of halogens is 1. The molecule has 2 aliphatic rings. The highest BCUT2D eigenvalue weighted by Crippen LogP contribution is 2.53. The summed E-state index contributed by atoms with van der Waals surface area (Å²) in [5.41, 5.74) is 6.65. The van der Waals surface area contributed by atoms with Gasteiger partial charge in [0.2, 0.25) is 0 Å². The van der Waals surface area contributed by atoms with Gasteiger partial charge < -0.3 is 20.5 Å². The molecule has 2 aliphatic heterocycles. The van der Waals surface area contributed by atoms with Crippen molar-refractivity contribution in [2.75, 3.05) is 12.3 Å². The van der Waals surface area contributed by atoms with Crippen molar-refractivity contribution in [1.29, 1.82) is 0 Å². The lowest BCUT2D eigenvalue weighted by molar-refractivity contribution is -0.0684. The molecule has 0 amide bonds. The van der Waals surface area contributed by atoms with E-state index in [-0.39, 0.29) is 12.4 Å². The highest BCUT2D eigenvalue weighted by molar-refractivity contribution is 7.99. The molecule has 158 valence electrons. The zero-order valence-electron chi connectivity index (χ0n) is 15.0. The Morgan fingerprint density at radius 1 is 1.30 bits per heavy atom. The fourth-order valence-corrected chi connectivity index (χ4v) is 5.36. The maximum absolute atomic E-state index is 11.8. The first-order chi connectivity index (χ1) is 14.3. The maximum Gasteiger partial charge on any atom is 0.472 e. The van der Waals surface area contributed by atoms with Gasteiger partial charge in [-0.3, -0.25) is 13.6 Å². The van der Waals surface area contributed by atoms with Crippen LogP contribution in [0.15, 0.2) is 40.6 Å². The van der Waals surface area contributed by atoms with Crippen molar-refractivity contribution in [3.8, 4) is 0 Å². The van der Waals surface area contributed by atoms with Crippen molar-refractivity contribution in [1.82, 2.24) is 19.5 Å². The lowest BCUT2D eigenvalue weighted by atomic mass is 10.1. The molecule has 2 unspecified atom stereocenters. The Kier molecular flexibility index (Phi) is 4.99. The van der Waals surface area contributed by atoms with Gasteiger partial charge in [0, 0.05) is 9.92 Å². The van der Waals surface area contributed by atoms with Crippen LogP contribution in [0.25, 0.3) is 11.2 Å². The number of ether oxygens (including phenoxy) is 1. The lowest BCUT2D eigenvalue weighted by Crippen LogP contribution is -2.39. The zero-order valence-corrected chi connectivity index (χ0v) is 17.5. The Morgan fingerprint density at radius 3 is 2.83 bits per heavy atom. The average Bonchev–Trinajstić information content (AvgIpc) is 3.21. The molecule has 2 saturated heterocycles. The van der Waals surface area contributed by atoms with E-state index in [9.17, 15) is 14.6 Å². The molecule has 0 bridgehead atoms. The van der Waals surface area contributed by atoms with Crippen LogP contribution < -0.4 is 5.73 Å². The third kappa shape index (κ3) is 3.49. The summed E-state index contributed by atoms with van der Waals surface area (Å²) in [6.45, 7) is -0.199. The molecule has 2 fully saturated rings. The molecule has 11 nitrogen and oxygen atoms in total. The number of imidazole rings is 1.